The molecule has 0 saturated heterocycles. The van der Waals surface area contributed by atoms with Crippen LogP contribution in [0.1, 0.15) is 50.2 Å². The molecule has 1 fully saturated rings. The van der Waals surface area contributed by atoms with Crippen LogP contribution in [0.2, 0.25) is 0 Å². The van der Waals surface area contributed by atoms with Crippen LogP contribution in [0, 0.1) is 11.3 Å². The Labute approximate surface area is 132 Å². The highest BCUT2D eigenvalue weighted by atomic mass is 32.2. The number of nitrogens with one attached hydrogen (secondary N) is 1. The van der Waals surface area contributed by atoms with E-state index in [0.717, 1.165) is 11.5 Å². The molecule has 2 rings (SSSR count). The van der Waals surface area contributed by atoms with Gasteiger partial charge in [0.15, 0.2) is 0 Å². The lowest BCUT2D eigenvalue weighted by atomic mass is 9.91. The average Bonchev–Trinajstić information content (AvgIpc) is 2.56. The highest BCUT2D eigenvalue weighted by Gasteiger charge is 2.14. The molecule has 4 N–H and O–H groups in total. The number of thioether (sulfide) groups is 1. The zero-order valence-electron chi connectivity index (χ0n) is 12.9. The molecule has 1 aliphatic rings. The molecule has 1 aromatic rings. The van der Waals surface area contributed by atoms with Crippen LogP contribution in [0.3, 0.4) is 0 Å². The van der Waals surface area contributed by atoms with Crippen molar-refractivity contribution in [3.05, 3.63) is 29.8 Å². The molecule has 0 heterocycles. The maximum Gasteiger partial charge on any atom is 0.0839 e. The van der Waals surface area contributed by atoms with E-state index < -0.39 is 6.10 Å². The summed E-state index contributed by atoms with van der Waals surface area (Å²) < 4.78 is 0. The Hall–Kier alpha value is -0.840. The molecular weight excluding hydrogens is 280 g/mol. The van der Waals surface area contributed by atoms with Gasteiger partial charge in [-0.25, -0.2) is 0 Å². The second-order valence-corrected chi connectivity index (χ2v) is 6.44. The standard InChI is InChI=1S/C16H23NOS.CH5N/c17-10-9-16(18)14-7-4-8-15(11-14)19-12-13-5-2-1-3-6-13;1-2/h4,7-8,10-11,13,16-18H,1-3,5-6,9,12H2;2H2,1H3. The Kier molecular flexibility index (Phi) is 9.39. The molecule has 0 aliphatic heterocycles. The van der Waals surface area contributed by atoms with Gasteiger partial charge in [0.05, 0.1) is 6.10 Å². The van der Waals surface area contributed by atoms with Crippen molar-refractivity contribution < 1.29 is 5.11 Å². The largest absolute Gasteiger partial charge is 0.388 e. The molecule has 1 unspecified atom stereocenters. The number of rotatable bonds is 6. The first-order valence-electron chi connectivity index (χ1n) is 7.77. The van der Waals surface area contributed by atoms with Crippen molar-refractivity contribution in [2.24, 2.45) is 11.7 Å². The fraction of sp³-hybridized carbons (Fsp3) is 0.588. The van der Waals surface area contributed by atoms with Crippen molar-refractivity contribution in [2.75, 3.05) is 12.8 Å². The van der Waals surface area contributed by atoms with Crippen molar-refractivity contribution in [1.82, 2.24) is 0 Å². The minimum atomic E-state index is -0.535. The van der Waals surface area contributed by atoms with Crippen molar-refractivity contribution in [3.8, 4) is 0 Å². The van der Waals surface area contributed by atoms with E-state index in [1.165, 1.54) is 56.0 Å². The van der Waals surface area contributed by atoms with Gasteiger partial charge in [-0.1, -0.05) is 31.4 Å². The van der Waals surface area contributed by atoms with Crippen LogP contribution in [0.25, 0.3) is 0 Å². The van der Waals surface area contributed by atoms with E-state index in [-0.39, 0.29) is 0 Å². The Bertz CT molecular complexity index is 406. The van der Waals surface area contributed by atoms with Crippen LogP contribution >= 0.6 is 11.8 Å². The van der Waals surface area contributed by atoms with E-state index in [4.69, 9.17) is 5.41 Å². The molecule has 118 valence electrons. The van der Waals surface area contributed by atoms with Gasteiger partial charge in [0.25, 0.3) is 0 Å². The lowest BCUT2D eigenvalue weighted by Gasteiger charge is -2.21. The Morgan fingerprint density at radius 1 is 1.33 bits per heavy atom. The Morgan fingerprint density at radius 2 is 2.05 bits per heavy atom. The number of hydrogen-bond acceptors (Lipinski definition) is 4. The molecular formula is C17H28N2OS. The third kappa shape index (κ3) is 6.64. The van der Waals surface area contributed by atoms with Crippen molar-refractivity contribution in [1.29, 1.82) is 5.41 Å². The van der Waals surface area contributed by atoms with Gasteiger partial charge in [-0.2, -0.15) is 0 Å². The summed E-state index contributed by atoms with van der Waals surface area (Å²) in [5.41, 5.74) is 5.43. The number of aliphatic hydroxyl groups excluding tert-OH is 1. The van der Waals surface area contributed by atoms with Crippen LogP contribution in [0.5, 0.6) is 0 Å². The first-order valence-corrected chi connectivity index (χ1v) is 8.75. The summed E-state index contributed by atoms with van der Waals surface area (Å²) in [7, 11) is 1.50. The van der Waals surface area contributed by atoms with Gasteiger partial charge in [-0.15, -0.1) is 11.8 Å². The second-order valence-electron chi connectivity index (χ2n) is 5.34. The van der Waals surface area contributed by atoms with Crippen LogP contribution < -0.4 is 5.73 Å². The topological polar surface area (TPSA) is 70.1 Å². The van der Waals surface area contributed by atoms with E-state index in [2.05, 4.69) is 17.9 Å². The Morgan fingerprint density at radius 3 is 2.71 bits per heavy atom. The lowest BCUT2D eigenvalue weighted by Crippen LogP contribution is -2.08. The molecule has 1 aliphatic carbocycles. The van der Waals surface area contributed by atoms with Crippen LogP contribution in [0.4, 0.5) is 0 Å². The van der Waals surface area contributed by atoms with Gasteiger partial charge < -0.3 is 16.2 Å². The molecule has 3 nitrogen and oxygen atoms in total. The van der Waals surface area contributed by atoms with Crippen LogP contribution in [-0.4, -0.2) is 24.1 Å². The minimum Gasteiger partial charge on any atom is -0.388 e. The molecule has 0 bridgehead atoms. The molecule has 0 spiro atoms. The van der Waals surface area contributed by atoms with Gasteiger partial charge in [-0.05, 0) is 49.7 Å². The lowest BCUT2D eigenvalue weighted by molar-refractivity contribution is 0.187. The average molecular weight is 308 g/mol. The summed E-state index contributed by atoms with van der Waals surface area (Å²) >= 11 is 1.91. The van der Waals surface area contributed by atoms with Gasteiger partial charge in [0, 0.05) is 17.1 Å². The molecule has 1 aromatic carbocycles. The summed E-state index contributed by atoms with van der Waals surface area (Å²) in [6, 6.07) is 8.14. The minimum absolute atomic E-state index is 0.400. The SMILES string of the molecule is CN.N=CCC(O)c1cccc(SCC2CCCCC2)c1. The molecule has 21 heavy (non-hydrogen) atoms. The predicted octanol–water partition coefficient (Wildman–Crippen LogP) is 4.01. The van der Waals surface area contributed by atoms with Crippen LogP contribution in [0.15, 0.2) is 29.2 Å². The summed E-state index contributed by atoms with van der Waals surface area (Å²) in [4.78, 5) is 1.24. The van der Waals surface area contributed by atoms with E-state index >= 15 is 0 Å². The fourth-order valence-corrected chi connectivity index (χ4v) is 3.78. The quantitative estimate of drug-likeness (QED) is 0.549. The first kappa shape index (κ1) is 18.2. The zero-order chi connectivity index (χ0) is 15.5. The smallest absolute Gasteiger partial charge is 0.0839 e. The van der Waals surface area contributed by atoms with Crippen molar-refractivity contribution in [3.63, 3.8) is 0 Å². The highest BCUT2D eigenvalue weighted by Crippen LogP contribution is 2.31. The third-order valence-corrected chi connectivity index (χ3v) is 5.02. The van der Waals surface area contributed by atoms with Crippen LogP contribution in [-0.2, 0) is 0 Å². The summed E-state index contributed by atoms with van der Waals surface area (Å²) in [6.45, 7) is 0. The monoisotopic (exact) mass is 308 g/mol. The number of benzene rings is 1. The normalized spacial score (nSPS) is 16.7. The van der Waals surface area contributed by atoms with Gasteiger partial charge in [-0.3, -0.25) is 0 Å². The number of hydrogen-bond donors (Lipinski definition) is 3. The van der Waals surface area contributed by atoms with E-state index in [1.807, 2.05) is 23.9 Å². The Balaban J connectivity index is 0.00000106. The third-order valence-electron chi connectivity index (χ3n) is 3.79. The second kappa shape index (κ2) is 10.8. The van der Waals surface area contributed by atoms with E-state index in [0.29, 0.717) is 6.42 Å². The highest BCUT2D eigenvalue weighted by molar-refractivity contribution is 7.99. The summed E-state index contributed by atoms with van der Waals surface area (Å²) in [5, 5.41) is 17.0. The molecule has 1 atom stereocenters. The predicted molar refractivity (Wildman–Crippen MR) is 92.2 cm³/mol. The summed E-state index contributed by atoms with van der Waals surface area (Å²) in [5.74, 6) is 2.07. The first-order chi connectivity index (χ1) is 10.3. The maximum absolute atomic E-state index is 9.90. The molecule has 0 aromatic heterocycles. The van der Waals surface area contributed by atoms with E-state index in [9.17, 15) is 5.11 Å². The zero-order valence-corrected chi connectivity index (χ0v) is 13.7. The van der Waals surface area contributed by atoms with Gasteiger partial charge in [0.2, 0.25) is 0 Å². The maximum atomic E-state index is 9.90. The number of aliphatic hydroxyl groups is 1. The molecule has 0 amide bonds. The van der Waals surface area contributed by atoms with Gasteiger partial charge in [0.1, 0.15) is 0 Å². The summed E-state index contributed by atoms with van der Waals surface area (Å²) in [6.07, 6.45) is 8.09. The van der Waals surface area contributed by atoms with Crippen molar-refractivity contribution in [2.45, 2.75) is 49.5 Å². The molecule has 1 saturated carbocycles. The molecule has 4 heteroatoms. The number of nitrogens with two attached hydrogens (primary N) is 1. The van der Waals surface area contributed by atoms with E-state index in [1.54, 1.807) is 0 Å². The molecule has 0 radical (unpaired) electrons. The van der Waals surface area contributed by atoms with Crippen molar-refractivity contribution >= 4 is 18.0 Å². The fourth-order valence-electron chi connectivity index (χ4n) is 2.63. The van der Waals surface area contributed by atoms with Gasteiger partial charge >= 0.3 is 0 Å².